The van der Waals surface area contributed by atoms with Gasteiger partial charge in [0.15, 0.2) is 11.6 Å². The van der Waals surface area contributed by atoms with E-state index in [9.17, 15) is 4.39 Å². The number of hydrogen-bond donors (Lipinski definition) is 1. The van der Waals surface area contributed by atoms with E-state index in [-0.39, 0.29) is 12.3 Å². The molecule has 0 aliphatic rings. The molecule has 2 rings (SSSR count). The first-order valence-electron chi connectivity index (χ1n) is 5.64. The van der Waals surface area contributed by atoms with Gasteiger partial charge in [0.2, 0.25) is 0 Å². The van der Waals surface area contributed by atoms with E-state index in [4.69, 9.17) is 22.1 Å². The molecule has 0 amide bonds. The van der Waals surface area contributed by atoms with E-state index in [0.717, 1.165) is 5.56 Å². The van der Waals surface area contributed by atoms with Crippen molar-refractivity contribution in [3.8, 4) is 11.5 Å². The van der Waals surface area contributed by atoms with Crippen molar-refractivity contribution in [1.29, 1.82) is 0 Å². The summed E-state index contributed by atoms with van der Waals surface area (Å²) in [6.07, 6.45) is 0. The lowest BCUT2D eigenvalue weighted by atomic mass is 10.2. The van der Waals surface area contributed by atoms with Gasteiger partial charge < -0.3 is 10.5 Å². The number of hydrogen-bond acceptors (Lipinski definition) is 2. The first-order valence-corrected chi connectivity index (χ1v) is 6.81. The number of halogens is 3. The van der Waals surface area contributed by atoms with E-state index in [1.807, 2.05) is 6.92 Å². The van der Waals surface area contributed by atoms with Crippen molar-refractivity contribution in [2.24, 2.45) is 5.73 Å². The molecular weight excluding hydrogens is 333 g/mol. The van der Waals surface area contributed by atoms with Crippen molar-refractivity contribution in [2.45, 2.75) is 13.5 Å². The average Bonchev–Trinajstić information content (AvgIpc) is 2.40. The van der Waals surface area contributed by atoms with Crippen LogP contribution in [0, 0.1) is 12.7 Å². The Morgan fingerprint density at radius 1 is 1.32 bits per heavy atom. The monoisotopic (exact) mass is 343 g/mol. The second kappa shape index (κ2) is 5.90. The van der Waals surface area contributed by atoms with Gasteiger partial charge in [0.05, 0.1) is 4.47 Å². The number of nitrogens with two attached hydrogens (primary N) is 1. The van der Waals surface area contributed by atoms with Crippen molar-refractivity contribution in [1.82, 2.24) is 0 Å². The van der Waals surface area contributed by atoms with Crippen LogP contribution in [0.15, 0.2) is 34.8 Å². The van der Waals surface area contributed by atoms with Crippen LogP contribution in [0.5, 0.6) is 11.5 Å². The van der Waals surface area contributed by atoms with Crippen LogP contribution >= 0.6 is 27.5 Å². The summed E-state index contributed by atoms with van der Waals surface area (Å²) in [4.78, 5) is 0. The molecule has 0 aromatic heterocycles. The standard InChI is InChI=1S/C14H12BrClFNO/c1-8-6-10(3-4-11(8)16)19-12-5-2-9(7-18)13(15)14(12)17/h2-6H,7,18H2,1H3. The fourth-order valence-electron chi connectivity index (χ4n) is 1.62. The van der Waals surface area contributed by atoms with Crippen LogP contribution in [-0.2, 0) is 6.54 Å². The van der Waals surface area contributed by atoms with E-state index in [1.54, 1.807) is 30.3 Å². The number of rotatable bonds is 3. The molecule has 2 nitrogen and oxygen atoms in total. The molecule has 2 aromatic carbocycles. The minimum atomic E-state index is -0.462. The molecule has 2 N–H and O–H groups in total. The van der Waals surface area contributed by atoms with Crippen LogP contribution in [0.25, 0.3) is 0 Å². The molecule has 100 valence electrons. The molecular formula is C14H12BrClFNO. The normalized spacial score (nSPS) is 10.6. The van der Waals surface area contributed by atoms with Gasteiger partial charge in [0.25, 0.3) is 0 Å². The number of aryl methyl sites for hydroxylation is 1. The molecule has 0 saturated heterocycles. The lowest BCUT2D eigenvalue weighted by Gasteiger charge is -2.11. The maximum absolute atomic E-state index is 14.1. The zero-order chi connectivity index (χ0) is 14.0. The molecule has 0 unspecified atom stereocenters. The topological polar surface area (TPSA) is 35.2 Å². The van der Waals surface area contributed by atoms with Gasteiger partial charge in [-0.1, -0.05) is 17.7 Å². The molecule has 0 radical (unpaired) electrons. The quantitative estimate of drug-likeness (QED) is 0.868. The van der Waals surface area contributed by atoms with Crippen LogP contribution in [-0.4, -0.2) is 0 Å². The van der Waals surface area contributed by atoms with Gasteiger partial charge >= 0.3 is 0 Å². The van der Waals surface area contributed by atoms with Crippen LogP contribution < -0.4 is 10.5 Å². The van der Waals surface area contributed by atoms with Gasteiger partial charge in [-0.05, 0) is 58.2 Å². The van der Waals surface area contributed by atoms with Crippen molar-refractivity contribution in [3.63, 3.8) is 0 Å². The summed E-state index contributed by atoms with van der Waals surface area (Å²) in [6.45, 7) is 2.12. The Morgan fingerprint density at radius 2 is 2.05 bits per heavy atom. The first-order chi connectivity index (χ1) is 9.02. The zero-order valence-corrected chi connectivity index (χ0v) is 12.6. The summed E-state index contributed by atoms with van der Waals surface area (Å²) in [7, 11) is 0. The summed E-state index contributed by atoms with van der Waals surface area (Å²) in [5, 5.41) is 0.646. The van der Waals surface area contributed by atoms with Crippen molar-refractivity contribution < 1.29 is 9.13 Å². The smallest absolute Gasteiger partial charge is 0.180 e. The number of ether oxygens (including phenoxy) is 1. The fraction of sp³-hybridized carbons (Fsp3) is 0.143. The predicted molar refractivity (Wildman–Crippen MR) is 78.3 cm³/mol. The van der Waals surface area contributed by atoms with Gasteiger partial charge in [0, 0.05) is 11.6 Å². The first kappa shape index (κ1) is 14.3. The highest BCUT2D eigenvalue weighted by Gasteiger charge is 2.12. The van der Waals surface area contributed by atoms with Crippen molar-refractivity contribution >= 4 is 27.5 Å². The Balaban J connectivity index is 2.33. The molecule has 0 bridgehead atoms. The fourth-order valence-corrected chi connectivity index (χ4v) is 2.22. The third-order valence-corrected chi connectivity index (χ3v) is 3.99. The maximum atomic E-state index is 14.1. The third-order valence-electron chi connectivity index (χ3n) is 2.70. The minimum Gasteiger partial charge on any atom is -0.454 e. The van der Waals surface area contributed by atoms with Gasteiger partial charge in [-0.25, -0.2) is 4.39 Å². The molecule has 2 aromatic rings. The zero-order valence-electron chi connectivity index (χ0n) is 10.2. The van der Waals surface area contributed by atoms with E-state index in [0.29, 0.717) is 20.8 Å². The summed E-state index contributed by atoms with van der Waals surface area (Å²) >= 11 is 9.10. The Labute approximate surface area is 124 Å². The van der Waals surface area contributed by atoms with Crippen LogP contribution in [0.3, 0.4) is 0 Å². The molecule has 0 heterocycles. The largest absolute Gasteiger partial charge is 0.454 e. The molecule has 0 aliphatic heterocycles. The summed E-state index contributed by atoms with van der Waals surface area (Å²) in [5.74, 6) is 0.217. The third kappa shape index (κ3) is 3.08. The molecule has 0 saturated carbocycles. The molecule has 5 heteroatoms. The van der Waals surface area contributed by atoms with Crippen LogP contribution in [0.1, 0.15) is 11.1 Å². The van der Waals surface area contributed by atoms with Crippen molar-refractivity contribution in [2.75, 3.05) is 0 Å². The van der Waals surface area contributed by atoms with Crippen molar-refractivity contribution in [3.05, 3.63) is 56.8 Å². The predicted octanol–water partition coefficient (Wildman–Crippen LogP) is 4.80. The van der Waals surface area contributed by atoms with E-state index >= 15 is 0 Å². The van der Waals surface area contributed by atoms with Crippen LogP contribution in [0.2, 0.25) is 5.02 Å². The highest BCUT2D eigenvalue weighted by Crippen LogP contribution is 2.32. The average molecular weight is 345 g/mol. The highest BCUT2D eigenvalue weighted by molar-refractivity contribution is 9.10. The molecule has 0 aliphatic carbocycles. The Morgan fingerprint density at radius 3 is 2.68 bits per heavy atom. The van der Waals surface area contributed by atoms with Crippen LogP contribution in [0.4, 0.5) is 4.39 Å². The molecule has 0 spiro atoms. The molecule has 0 fully saturated rings. The SMILES string of the molecule is Cc1cc(Oc2ccc(CN)c(Br)c2F)ccc1Cl. The van der Waals surface area contributed by atoms with E-state index in [1.165, 1.54) is 0 Å². The van der Waals surface area contributed by atoms with Gasteiger partial charge in [-0.3, -0.25) is 0 Å². The van der Waals surface area contributed by atoms with E-state index < -0.39 is 5.82 Å². The van der Waals surface area contributed by atoms with Gasteiger partial charge in [-0.2, -0.15) is 0 Å². The second-order valence-electron chi connectivity index (χ2n) is 4.07. The summed E-state index contributed by atoms with van der Waals surface area (Å²) in [6, 6.07) is 8.46. The second-order valence-corrected chi connectivity index (χ2v) is 5.27. The highest BCUT2D eigenvalue weighted by atomic mass is 79.9. The van der Waals surface area contributed by atoms with Gasteiger partial charge in [-0.15, -0.1) is 0 Å². The molecule has 0 atom stereocenters. The summed E-state index contributed by atoms with van der Waals surface area (Å²) < 4.78 is 19.9. The Bertz CT molecular complexity index is 619. The number of benzene rings is 2. The maximum Gasteiger partial charge on any atom is 0.180 e. The lowest BCUT2D eigenvalue weighted by molar-refractivity contribution is 0.439. The molecule has 19 heavy (non-hydrogen) atoms. The Kier molecular flexibility index (Phi) is 4.45. The minimum absolute atomic E-state index is 0.144. The lowest BCUT2D eigenvalue weighted by Crippen LogP contribution is -2.00. The van der Waals surface area contributed by atoms with E-state index in [2.05, 4.69) is 15.9 Å². The van der Waals surface area contributed by atoms with Gasteiger partial charge in [0.1, 0.15) is 5.75 Å². The summed E-state index contributed by atoms with van der Waals surface area (Å²) in [5.41, 5.74) is 7.07. The Hall–Kier alpha value is -1.10.